The predicted octanol–water partition coefficient (Wildman–Crippen LogP) is 4.74. The van der Waals surface area contributed by atoms with E-state index in [1.54, 1.807) is 19.2 Å². The second kappa shape index (κ2) is 5.92. The highest BCUT2D eigenvalue weighted by Crippen LogP contribution is 2.54. The van der Waals surface area contributed by atoms with Crippen LogP contribution < -0.4 is 10.1 Å². The lowest BCUT2D eigenvalue weighted by Gasteiger charge is -2.38. The van der Waals surface area contributed by atoms with Crippen molar-refractivity contribution in [1.82, 2.24) is 0 Å². The van der Waals surface area contributed by atoms with Gasteiger partial charge < -0.3 is 10.1 Å². The average molecular weight is 336 g/mol. The van der Waals surface area contributed by atoms with Gasteiger partial charge in [-0.1, -0.05) is 36.4 Å². The molecule has 0 bridgehead atoms. The summed E-state index contributed by atoms with van der Waals surface area (Å²) in [7, 11) is 1.66. The molecule has 0 amide bonds. The first-order valence-corrected chi connectivity index (χ1v) is 8.46. The van der Waals surface area contributed by atoms with Crippen LogP contribution in [-0.2, 0) is 0 Å². The summed E-state index contributed by atoms with van der Waals surface area (Å²) < 4.78 is 5.56. The van der Waals surface area contributed by atoms with E-state index in [2.05, 4.69) is 30.5 Å². The molecule has 1 heterocycles. The number of hydrogen-bond acceptors (Lipinski definition) is 4. The zero-order valence-corrected chi connectivity index (χ0v) is 14.2. The van der Waals surface area contributed by atoms with Crippen LogP contribution in [-0.4, -0.2) is 12.0 Å². The maximum Gasteiger partial charge on any atom is 0.274 e. The number of nitro groups is 1. The molecule has 3 atom stereocenters. The van der Waals surface area contributed by atoms with Crippen LogP contribution in [0, 0.1) is 23.0 Å². The molecule has 2 aromatic rings. The topological polar surface area (TPSA) is 64.4 Å². The molecule has 0 fully saturated rings. The Morgan fingerprint density at radius 1 is 1.24 bits per heavy atom. The lowest BCUT2D eigenvalue weighted by atomic mass is 9.75. The number of methoxy groups -OCH3 is 1. The van der Waals surface area contributed by atoms with Crippen molar-refractivity contribution in [1.29, 1.82) is 0 Å². The summed E-state index contributed by atoms with van der Waals surface area (Å²) in [5.74, 6) is 1.29. The Bertz CT molecular complexity index is 875. The third-order valence-electron chi connectivity index (χ3n) is 5.39. The lowest BCUT2D eigenvalue weighted by Crippen LogP contribution is -2.30. The molecule has 1 N–H and O–H groups in total. The maximum atomic E-state index is 11.5. The van der Waals surface area contributed by atoms with Crippen molar-refractivity contribution in [3.63, 3.8) is 0 Å². The van der Waals surface area contributed by atoms with E-state index in [1.165, 1.54) is 11.1 Å². The van der Waals surface area contributed by atoms with Crippen molar-refractivity contribution in [2.45, 2.75) is 25.3 Å². The minimum atomic E-state index is -0.294. The number of aryl methyl sites for hydroxylation is 1. The van der Waals surface area contributed by atoms with Crippen molar-refractivity contribution in [3.05, 3.63) is 75.4 Å². The highest BCUT2D eigenvalue weighted by molar-refractivity contribution is 5.70. The van der Waals surface area contributed by atoms with Crippen LogP contribution in [0.2, 0.25) is 0 Å². The molecule has 4 rings (SSSR count). The second-order valence-electron chi connectivity index (χ2n) is 6.66. The highest BCUT2D eigenvalue weighted by atomic mass is 16.6. The van der Waals surface area contributed by atoms with Gasteiger partial charge in [-0.15, -0.1) is 0 Å². The molecule has 0 spiro atoms. The highest BCUT2D eigenvalue weighted by Gasteiger charge is 2.41. The van der Waals surface area contributed by atoms with E-state index in [1.807, 2.05) is 18.2 Å². The molecule has 0 saturated heterocycles. The summed E-state index contributed by atoms with van der Waals surface area (Å²) in [6.45, 7) is 2.11. The first kappa shape index (κ1) is 15.7. The van der Waals surface area contributed by atoms with Crippen molar-refractivity contribution in [2.75, 3.05) is 12.4 Å². The summed E-state index contributed by atoms with van der Waals surface area (Å²) in [4.78, 5) is 11.2. The fourth-order valence-electron chi connectivity index (χ4n) is 4.27. The van der Waals surface area contributed by atoms with Crippen LogP contribution in [0.4, 0.5) is 11.4 Å². The Kier molecular flexibility index (Phi) is 3.71. The van der Waals surface area contributed by atoms with E-state index in [0.717, 1.165) is 23.4 Å². The third kappa shape index (κ3) is 2.38. The van der Waals surface area contributed by atoms with Crippen LogP contribution >= 0.6 is 0 Å². The molecular formula is C20H20N2O3. The van der Waals surface area contributed by atoms with Gasteiger partial charge >= 0.3 is 0 Å². The van der Waals surface area contributed by atoms with Gasteiger partial charge in [0.25, 0.3) is 5.69 Å². The SMILES string of the molecule is COc1ccc(C)c2c1N[C@H](c1ccccc1[N+](=O)[O-])[C@@H]1CC=C[C@@H]21. The summed E-state index contributed by atoms with van der Waals surface area (Å²) in [5, 5.41) is 15.1. The van der Waals surface area contributed by atoms with Crippen LogP contribution in [0.15, 0.2) is 48.6 Å². The minimum absolute atomic E-state index is 0.121. The van der Waals surface area contributed by atoms with E-state index in [0.29, 0.717) is 0 Å². The van der Waals surface area contributed by atoms with E-state index in [4.69, 9.17) is 4.74 Å². The number of nitrogens with one attached hydrogen (secondary N) is 1. The fourth-order valence-corrected chi connectivity index (χ4v) is 4.27. The number of fused-ring (bicyclic) bond motifs is 3. The molecule has 1 aliphatic heterocycles. The Labute approximate surface area is 146 Å². The van der Waals surface area contributed by atoms with Gasteiger partial charge in [-0.3, -0.25) is 10.1 Å². The first-order chi connectivity index (χ1) is 12.1. The standard InChI is InChI=1S/C20H20N2O3/c1-12-10-11-17(25-2)20-18(12)13-7-5-8-14(13)19(21-20)15-6-3-4-9-16(15)22(23)24/h3-7,9-11,13-14,19,21H,8H2,1-2H3/t13-,14-,19+/m1/s1. The number of benzene rings is 2. The number of nitro benzene ring substituents is 1. The number of rotatable bonds is 3. The number of nitrogens with zero attached hydrogens (tertiary/aromatic N) is 1. The van der Waals surface area contributed by atoms with Gasteiger partial charge in [-0.05, 0) is 36.5 Å². The number of ether oxygens (including phenoxy) is 1. The molecule has 0 unspecified atom stereocenters. The van der Waals surface area contributed by atoms with Gasteiger partial charge in [0.2, 0.25) is 0 Å². The number of allylic oxidation sites excluding steroid dienone is 2. The zero-order valence-electron chi connectivity index (χ0n) is 14.2. The molecule has 5 heteroatoms. The summed E-state index contributed by atoms with van der Waals surface area (Å²) in [6.07, 6.45) is 5.33. The van der Waals surface area contributed by atoms with E-state index in [9.17, 15) is 10.1 Å². The Balaban J connectivity index is 1.89. The van der Waals surface area contributed by atoms with Gasteiger partial charge in [0.05, 0.1) is 29.3 Å². The lowest BCUT2D eigenvalue weighted by molar-refractivity contribution is -0.385. The molecule has 1 aliphatic carbocycles. The van der Waals surface area contributed by atoms with Gasteiger partial charge in [0.15, 0.2) is 0 Å². The quantitative estimate of drug-likeness (QED) is 0.499. The molecule has 2 aromatic carbocycles. The molecule has 25 heavy (non-hydrogen) atoms. The minimum Gasteiger partial charge on any atom is -0.495 e. The smallest absolute Gasteiger partial charge is 0.274 e. The molecule has 0 radical (unpaired) electrons. The predicted molar refractivity (Wildman–Crippen MR) is 97.2 cm³/mol. The zero-order chi connectivity index (χ0) is 17.6. The van der Waals surface area contributed by atoms with E-state index < -0.39 is 0 Å². The molecule has 0 saturated carbocycles. The van der Waals surface area contributed by atoms with Crippen molar-refractivity contribution in [2.24, 2.45) is 5.92 Å². The van der Waals surface area contributed by atoms with Gasteiger partial charge in [0.1, 0.15) is 5.75 Å². The average Bonchev–Trinajstić information content (AvgIpc) is 3.10. The molecule has 2 aliphatic rings. The molecule has 5 nitrogen and oxygen atoms in total. The van der Waals surface area contributed by atoms with Crippen LogP contribution in [0.5, 0.6) is 5.75 Å². The Morgan fingerprint density at radius 2 is 2.04 bits per heavy atom. The van der Waals surface area contributed by atoms with E-state index in [-0.39, 0.29) is 28.5 Å². The maximum absolute atomic E-state index is 11.5. The largest absolute Gasteiger partial charge is 0.495 e. The normalized spacial score (nSPS) is 23.5. The van der Waals surface area contributed by atoms with Crippen LogP contribution in [0.3, 0.4) is 0 Å². The van der Waals surface area contributed by atoms with Gasteiger partial charge in [-0.25, -0.2) is 0 Å². The summed E-state index contributed by atoms with van der Waals surface area (Å²) in [5.41, 5.74) is 4.32. The Morgan fingerprint density at radius 3 is 2.80 bits per heavy atom. The third-order valence-corrected chi connectivity index (χ3v) is 5.39. The van der Waals surface area contributed by atoms with Crippen molar-refractivity contribution in [3.8, 4) is 5.75 Å². The van der Waals surface area contributed by atoms with Crippen molar-refractivity contribution < 1.29 is 9.66 Å². The van der Waals surface area contributed by atoms with Crippen LogP contribution in [0.25, 0.3) is 0 Å². The molecular weight excluding hydrogens is 316 g/mol. The monoisotopic (exact) mass is 336 g/mol. The number of anilines is 1. The second-order valence-corrected chi connectivity index (χ2v) is 6.66. The fraction of sp³-hybridized carbons (Fsp3) is 0.300. The Hall–Kier alpha value is -2.82. The summed E-state index contributed by atoms with van der Waals surface area (Å²) >= 11 is 0. The van der Waals surface area contributed by atoms with E-state index >= 15 is 0 Å². The summed E-state index contributed by atoms with van der Waals surface area (Å²) in [6, 6.07) is 10.9. The first-order valence-electron chi connectivity index (χ1n) is 8.46. The van der Waals surface area contributed by atoms with Crippen LogP contribution in [0.1, 0.15) is 35.1 Å². The van der Waals surface area contributed by atoms with Gasteiger partial charge in [-0.2, -0.15) is 0 Å². The number of hydrogen-bond donors (Lipinski definition) is 1. The molecule has 0 aromatic heterocycles. The number of para-hydroxylation sites is 1. The van der Waals surface area contributed by atoms with Crippen molar-refractivity contribution >= 4 is 11.4 Å². The molecule has 128 valence electrons. The van der Waals surface area contributed by atoms with Gasteiger partial charge in [0, 0.05) is 12.0 Å².